The number of hydrogen-bond donors (Lipinski definition) is 1. The van der Waals surface area contributed by atoms with Gasteiger partial charge < -0.3 is 5.73 Å². The van der Waals surface area contributed by atoms with Crippen molar-refractivity contribution in [2.75, 3.05) is 0 Å². The monoisotopic (exact) mass is 245 g/mol. The molecule has 1 unspecified atom stereocenters. The number of hydrogen-bond acceptors (Lipinski definition) is 1. The lowest BCUT2D eigenvalue weighted by atomic mass is 10.0. The largest absolute Gasteiger partial charge is 0.328 e. The predicted molar refractivity (Wildman–Crippen MR) is 56.2 cm³/mol. The molecule has 1 rings (SSSR count). The van der Waals surface area contributed by atoms with Gasteiger partial charge in [-0.2, -0.15) is 0 Å². The zero-order valence-electron chi connectivity index (χ0n) is 7.77. The van der Waals surface area contributed by atoms with Crippen molar-refractivity contribution in [2.45, 2.75) is 26.3 Å². The van der Waals surface area contributed by atoms with Crippen LogP contribution in [0.2, 0.25) is 0 Å². The Balaban J connectivity index is 3.10. The van der Waals surface area contributed by atoms with Crippen LogP contribution in [0.15, 0.2) is 16.6 Å². The van der Waals surface area contributed by atoms with E-state index in [9.17, 15) is 4.39 Å². The second-order valence-corrected chi connectivity index (χ2v) is 4.13. The van der Waals surface area contributed by atoms with E-state index in [0.29, 0.717) is 10.9 Å². The van der Waals surface area contributed by atoms with Crippen molar-refractivity contribution < 1.29 is 4.39 Å². The molecule has 0 amide bonds. The Labute approximate surface area is 86.3 Å². The van der Waals surface area contributed by atoms with E-state index in [1.807, 2.05) is 13.8 Å². The van der Waals surface area contributed by atoms with Gasteiger partial charge in [0.05, 0.1) is 4.47 Å². The van der Waals surface area contributed by atoms with E-state index in [4.69, 9.17) is 5.73 Å². The molecule has 13 heavy (non-hydrogen) atoms. The molecule has 0 aliphatic heterocycles. The van der Waals surface area contributed by atoms with Crippen LogP contribution in [0.25, 0.3) is 0 Å². The van der Waals surface area contributed by atoms with Crippen LogP contribution >= 0.6 is 15.9 Å². The van der Waals surface area contributed by atoms with E-state index in [2.05, 4.69) is 15.9 Å². The molecule has 0 radical (unpaired) electrons. The molecule has 72 valence electrons. The van der Waals surface area contributed by atoms with Crippen LogP contribution in [-0.4, -0.2) is 6.04 Å². The number of nitrogens with two attached hydrogens (primary N) is 1. The molecular formula is C10H13BrFN. The Kier molecular flexibility index (Phi) is 3.45. The number of rotatable bonds is 2. The Morgan fingerprint density at radius 3 is 2.69 bits per heavy atom. The number of benzene rings is 1. The normalized spacial score (nSPS) is 13.0. The van der Waals surface area contributed by atoms with E-state index in [-0.39, 0.29) is 11.9 Å². The van der Waals surface area contributed by atoms with E-state index < -0.39 is 0 Å². The fraction of sp³-hybridized carbons (Fsp3) is 0.400. The SMILES string of the molecule is Cc1ccc(F)c(Br)c1CC(C)N. The average molecular weight is 246 g/mol. The van der Waals surface area contributed by atoms with E-state index in [1.165, 1.54) is 6.07 Å². The van der Waals surface area contributed by atoms with Crippen LogP contribution in [0.1, 0.15) is 18.1 Å². The molecule has 0 aliphatic rings. The van der Waals surface area contributed by atoms with Gasteiger partial charge in [-0.05, 0) is 53.4 Å². The summed E-state index contributed by atoms with van der Waals surface area (Å²) in [6, 6.07) is 3.29. The molecule has 1 atom stereocenters. The van der Waals surface area contributed by atoms with Crippen LogP contribution in [0.4, 0.5) is 4.39 Å². The highest BCUT2D eigenvalue weighted by Crippen LogP contribution is 2.24. The Morgan fingerprint density at radius 2 is 2.15 bits per heavy atom. The fourth-order valence-electron chi connectivity index (χ4n) is 1.26. The first kappa shape index (κ1) is 10.7. The maximum atomic E-state index is 13.1. The molecule has 1 aromatic carbocycles. The van der Waals surface area contributed by atoms with Crippen molar-refractivity contribution in [3.8, 4) is 0 Å². The predicted octanol–water partition coefficient (Wildman–Crippen LogP) is 2.79. The van der Waals surface area contributed by atoms with Crippen LogP contribution in [-0.2, 0) is 6.42 Å². The molecule has 0 saturated carbocycles. The Hall–Kier alpha value is -0.410. The zero-order chi connectivity index (χ0) is 10.0. The van der Waals surface area contributed by atoms with Gasteiger partial charge in [0.25, 0.3) is 0 Å². The smallest absolute Gasteiger partial charge is 0.137 e. The van der Waals surface area contributed by atoms with Crippen molar-refractivity contribution in [3.05, 3.63) is 33.5 Å². The Morgan fingerprint density at radius 1 is 1.54 bits per heavy atom. The highest BCUT2D eigenvalue weighted by Gasteiger charge is 2.09. The topological polar surface area (TPSA) is 26.0 Å². The number of aryl methyl sites for hydroxylation is 1. The molecule has 1 aromatic rings. The second kappa shape index (κ2) is 4.20. The summed E-state index contributed by atoms with van der Waals surface area (Å²) >= 11 is 3.23. The lowest BCUT2D eigenvalue weighted by molar-refractivity contribution is 0.614. The van der Waals surface area contributed by atoms with E-state index in [0.717, 1.165) is 11.1 Å². The van der Waals surface area contributed by atoms with Crippen molar-refractivity contribution in [3.63, 3.8) is 0 Å². The van der Waals surface area contributed by atoms with Crippen molar-refractivity contribution >= 4 is 15.9 Å². The van der Waals surface area contributed by atoms with Crippen molar-refractivity contribution in [1.29, 1.82) is 0 Å². The Bertz CT molecular complexity index is 310. The van der Waals surface area contributed by atoms with E-state index >= 15 is 0 Å². The van der Waals surface area contributed by atoms with Crippen LogP contribution in [0.3, 0.4) is 0 Å². The van der Waals surface area contributed by atoms with Gasteiger partial charge in [0.2, 0.25) is 0 Å². The van der Waals surface area contributed by atoms with Gasteiger partial charge in [-0.1, -0.05) is 6.07 Å². The maximum absolute atomic E-state index is 13.1. The minimum atomic E-state index is -0.221. The highest BCUT2D eigenvalue weighted by atomic mass is 79.9. The van der Waals surface area contributed by atoms with Gasteiger partial charge >= 0.3 is 0 Å². The maximum Gasteiger partial charge on any atom is 0.137 e. The average Bonchev–Trinajstić information content (AvgIpc) is 2.05. The van der Waals surface area contributed by atoms with Crippen LogP contribution in [0, 0.1) is 12.7 Å². The first-order valence-corrected chi connectivity index (χ1v) is 5.00. The summed E-state index contributed by atoms with van der Waals surface area (Å²) in [5, 5.41) is 0. The van der Waals surface area contributed by atoms with Gasteiger partial charge in [-0.15, -0.1) is 0 Å². The van der Waals surface area contributed by atoms with Crippen molar-refractivity contribution in [2.24, 2.45) is 5.73 Å². The summed E-state index contributed by atoms with van der Waals surface area (Å²) in [6.07, 6.45) is 0.699. The zero-order valence-corrected chi connectivity index (χ0v) is 9.36. The standard InChI is InChI=1S/C10H13BrFN/c1-6-3-4-9(12)10(11)8(6)5-7(2)13/h3-4,7H,5,13H2,1-2H3. The van der Waals surface area contributed by atoms with Gasteiger partial charge in [0, 0.05) is 6.04 Å². The molecular weight excluding hydrogens is 233 g/mol. The second-order valence-electron chi connectivity index (χ2n) is 3.34. The number of halogens is 2. The summed E-state index contributed by atoms with van der Waals surface area (Å²) in [6.45, 7) is 3.87. The minimum absolute atomic E-state index is 0.0526. The molecule has 0 bridgehead atoms. The molecule has 1 nitrogen and oxygen atoms in total. The molecule has 0 fully saturated rings. The summed E-state index contributed by atoms with van der Waals surface area (Å²) in [7, 11) is 0. The van der Waals surface area contributed by atoms with Gasteiger partial charge in [0.1, 0.15) is 5.82 Å². The lowest BCUT2D eigenvalue weighted by Gasteiger charge is -2.11. The first-order chi connectivity index (χ1) is 6.02. The van der Waals surface area contributed by atoms with Gasteiger partial charge in [-0.3, -0.25) is 0 Å². The third kappa shape index (κ3) is 2.51. The summed E-state index contributed by atoms with van der Waals surface area (Å²) < 4.78 is 13.7. The third-order valence-corrected chi connectivity index (χ3v) is 2.81. The summed E-state index contributed by atoms with van der Waals surface area (Å²) in [5.74, 6) is -0.221. The minimum Gasteiger partial charge on any atom is -0.328 e. The summed E-state index contributed by atoms with van der Waals surface area (Å²) in [5.41, 5.74) is 7.71. The van der Waals surface area contributed by atoms with Crippen LogP contribution in [0.5, 0.6) is 0 Å². The van der Waals surface area contributed by atoms with Gasteiger partial charge in [0.15, 0.2) is 0 Å². The van der Waals surface area contributed by atoms with E-state index in [1.54, 1.807) is 6.07 Å². The summed E-state index contributed by atoms with van der Waals surface area (Å²) in [4.78, 5) is 0. The highest BCUT2D eigenvalue weighted by molar-refractivity contribution is 9.10. The molecule has 0 saturated heterocycles. The fourth-order valence-corrected chi connectivity index (χ4v) is 1.87. The lowest BCUT2D eigenvalue weighted by Crippen LogP contribution is -2.18. The third-order valence-electron chi connectivity index (χ3n) is 1.96. The quantitative estimate of drug-likeness (QED) is 0.853. The van der Waals surface area contributed by atoms with Gasteiger partial charge in [-0.25, -0.2) is 4.39 Å². The molecule has 0 aromatic heterocycles. The molecule has 0 heterocycles. The molecule has 0 aliphatic carbocycles. The molecule has 0 spiro atoms. The molecule has 3 heteroatoms. The first-order valence-electron chi connectivity index (χ1n) is 4.21. The van der Waals surface area contributed by atoms with Crippen molar-refractivity contribution in [1.82, 2.24) is 0 Å². The van der Waals surface area contributed by atoms with Crippen LogP contribution < -0.4 is 5.73 Å². The molecule has 2 N–H and O–H groups in total.